The predicted molar refractivity (Wildman–Crippen MR) is 148 cm³/mol. The van der Waals surface area contributed by atoms with Crippen molar-refractivity contribution in [3.05, 3.63) is 70.6 Å². The second-order valence-electron chi connectivity index (χ2n) is 9.81. The van der Waals surface area contributed by atoms with E-state index in [4.69, 9.17) is 38.6 Å². The summed E-state index contributed by atoms with van der Waals surface area (Å²) in [7, 11) is 0. The molecule has 0 unspecified atom stereocenters. The van der Waals surface area contributed by atoms with Gasteiger partial charge in [-0.05, 0) is 17.7 Å². The molecule has 2 aromatic carbocycles. The molecule has 1 saturated heterocycles. The van der Waals surface area contributed by atoms with Crippen LogP contribution in [-0.4, -0.2) is 55.0 Å². The molecule has 13 heteroatoms. The van der Waals surface area contributed by atoms with Gasteiger partial charge in [-0.15, -0.1) is 0 Å². The maximum Gasteiger partial charge on any atom is 0.336 e. The first kappa shape index (κ1) is 31.0. The number of benzene rings is 2. The molecule has 1 aromatic heterocycles. The number of hydrogen-bond acceptors (Lipinski definition) is 12. The third-order valence-corrected chi connectivity index (χ3v) is 6.43. The minimum atomic E-state index is -1.35. The van der Waals surface area contributed by atoms with Gasteiger partial charge >= 0.3 is 23.5 Å². The quantitative estimate of drug-likeness (QED) is 0.194. The summed E-state index contributed by atoms with van der Waals surface area (Å²) in [5, 5.41) is 0.481. The first-order valence-electron chi connectivity index (χ1n) is 13.3. The fourth-order valence-electron chi connectivity index (χ4n) is 4.68. The summed E-state index contributed by atoms with van der Waals surface area (Å²) in [5.41, 5.74) is 6.04. The van der Waals surface area contributed by atoms with Crippen molar-refractivity contribution in [1.82, 2.24) is 0 Å². The largest absolute Gasteiger partial charge is 0.485 e. The Morgan fingerprint density at radius 1 is 0.860 bits per heavy atom. The molecule has 2 N–H and O–H groups in total. The smallest absolute Gasteiger partial charge is 0.336 e. The number of esters is 3. The highest BCUT2D eigenvalue weighted by Crippen LogP contribution is 2.39. The summed E-state index contributed by atoms with van der Waals surface area (Å²) in [4.78, 5) is 59.9. The van der Waals surface area contributed by atoms with Gasteiger partial charge in [0.1, 0.15) is 24.9 Å². The van der Waals surface area contributed by atoms with Crippen molar-refractivity contribution in [3.63, 3.8) is 0 Å². The molecule has 1 amide bonds. The standard InChI is InChI=1S/C30H31NO12/c1-16(32)37-15-25-29(40-18(3)34)28(39-17(2)33)21(12-26(31)35)30(43-25)42-24-11-20-9-10-27(36)41-22(20)13-23(24)38-14-19-7-5-4-6-8-19/h4-11,13,21,25,28-30H,12,14-15H2,1-3H3,(H2,31,35)/t21-,25+,28+,29+,30+/m0/s1. The van der Waals surface area contributed by atoms with Crippen molar-refractivity contribution in [3.8, 4) is 11.5 Å². The molecule has 1 aliphatic rings. The third-order valence-electron chi connectivity index (χ3n) is 6.43. The van der Waals surface area contributed by atoms with E-state index < -0.39 is 73.0 Å². The van der Waals surface area contributed by atoms with Crippen molar-refractivity contribution in [2.45, 2.75) is 58.4 Å². The number of carbonyl (C=O) groups is 4. The Morgan fingerprint density at radius 3 is 2.21 bits per heavy atom. The lowest BCUT2D eigenvalue weighted by Gasteiger charge is -2.44. The SMILES string of the molecule is CC(=O)OC[C@H]1O[C@@H](Oc2cc3ccc(=O)oc3cc2OCc2ccccc2)[C@@H](CC(N)=O)[C@@H](OC(C)=O)[C@@H]1OC(C)=O. The third kappa shape index (κ3) is 8.32. The normalized spacial score (nSPS) is 21.4. The number of fused-ring (bicyclic) bond motifs is 1. The fourth-order valence-corrected chi connectivity index (χ4v) is 4.68. The van der Waals surface area contributed by atoms with Gasteiger partial charge in [0.05, 0.1) is 5.92 Å². The molecule has 0 saturated carbocycles. The Kier molecular flexibility index (Phi) is 9.99. The molecule has 0 spiro atoms. The van der Waals surface area contributed by atoms with Crippen LogP contribution in [0.15, 0.2) is 63.8 Å². The fraction of sp³-hybridized carbons (Fsp3) is 0.367. The lowest BCUT2D eigenvalue weighted by molar-refractivity contribution is -0.270. The molecular weight excluding hydrogens is 566 g/mol. The highest BCUT2D eigenvalue weighted by Gasteiger charge is 2.52. The van der Waals surface area contributed by atoms with Crippen molar-refractivity contribution >= 4 is 34.8 Å². The molecule has 228 valence electrons. The van der Waals surface area contributed by atoms with Crippen LogP contribution in [0, 0.1) is 5.92 Å². The summed E-state index contributed by atoms with van der Waals surface area (Å²) < 4.78 is 39.9. The van der Waals surface area contributed by atoms with Gasteiger partial charge in [-0.1, -0.05) is 30.3 Å². The molecule has 1 fully saturated rings. The summed E-state index contributed by atoms with van der Waals surface area (Å²) in [6, 6.07) is 15.0. The van der Waals surface area contributed by atoms with Crippen LogP contribution in [-0.2, 0) is 44.7 Å². The molecule has 0 bridgehead atoms. The summed E-state index contributed by atoms with van der Waals surface area (Å²) in [6.07, 6.45) is -5.47. The van der Waals surface area contributed by atoms with Gasteiger partial charge in [-0.25, -0.2) is 4.79 Å². The molecule has 3 aromatic rings. The molecule has 0 radical (unpaired) electrons. The van der Waals surface area contributed by atoms with Gasteiger partial charge in [0.2, 0.25) is 12.2 Å². The van der Waals surface area contributed by atoms with Crippen LogP contribution in [0.1, 0.15) is 32.8 Å². The zero-order valence-corrected chi connectivity index (χ0v) is 23.7. The van der Waals surface area contributed by atoms with Crippen LogP contribution in [0.2, 0.25) is 0 Å². The summed E-state index contributed by atoms with van der Waals surface area (Å²) in [6.45, 7) is 3.19. The van der Waals surface area contributed by atoms with E-state index in [1.807, 2.05) is 30.3 Å². The molecule has 2 heterocycles. The zero-order chi connectivity index (χ0) is 31.1. The number of primary amides is 1. The number of rotatable bonds is 11. The monoisotopic (exact) mass is 597 g/mol. The van der Waals surface area contributed by atoms with Gasteiger partial charge in [-0.3, -0.25) is 19.2 Å². The average Bonchev–Trinajstić information content (AvgIpc) is 2.94. The topological polar surface area (TPSA) is 180 Å². The number of hydrogen-bond donors (Lipinski definition) is 1. The molecule has 43 heavy (non-hydrogen) atoms. The number of ether oxygens (including phenoxy) is 6. The van der Waals surface area contributed by atoms with Crippen LogP contribution < -0.4 is 20.8 Å². The summed E-state index contributed by atoms with van der Waals surface area (Å²) >= 11 is 0. The first-order chi connectivity index (χ1) is 20.5. The number of nitrogens with two attached hydrogens (primary N) is 1. The van der Waals surface area contributed by atoms with E-state index in [1.165, 1.54) is 25.1 Å². The zero-order valence-electron chi connectivity index (χ0n) is 23.7. The van der Waals surface area contributed by atoms with Crippen LogP contribution in [0.25, 0.3) is 11.0 Å². The van der Waals surface area contributed by atoms with E-state index in [-0.39, 0.29) is 23.7 Å². The maximum absolute atomic E-state index is 12.2. The molecule has 13 nitrogen and oxygen atoms in total. The maximum atomic E-state index is 12.2. The Bertz CT molecular complexity index is 1540. The van der Waals surface area contributed by atoms with Gasteiger partial charge in [0.15, 0.2) is 23.7 Å². The Balaban J connectivity index is 1.77. The van der Waals surface area contributed by atoms with Crippen LogP contribution in [0.3, 0.4) is 0 Å². The van der Waals surface area contributed by atoms with Gasteiger partial charge in [-0.2, -0.15) is 0 Å². The van der Waals surface area contributed by atoms with Crippen LogP contribution >= 0.6 is 0 Å². The van der Waals surface area contributed by atoms with Crippen molar-refractivity contribution < 1.29 is 52.0 Å². The van der Waals surface area contributed by atoms with E-state index in [9.17, 15) is 24.0 Å². The first-order valence-corrected chi connectivity index (χ1v) is 13.3. The lowest BCUT2D eigenvalue weighted by Crippen LogP contribution is -2.60. The molecule has 5 atom stereocenters. The van der Waals surface area contributed by atoms with Gasteiger partial charge in [0, 0.05) is 44.7 Å². The second-order valence-corrected chi connectivity index (χ2v) is 9.81. The Labute approximate surface area is 245 Å². The lowest BCUT2D eigenvalue weighted by atomic mass is 9.87. The van der Waals surface area contributed by atoms with Gasteiger partial charge < -0.3 is 38.6 Å². The van der Waals surface area contributed by atoms with Gasteiger partial charge in [0.25, 0.3) is 0 Å². The Morgan fingerprint density at radius 2 is 1.56 bits per heavy atom. The van der Waals surface area contributed by atoms with Crippen molar-refractivity contribution in [2.75, 3.05) is 6.61 Å². The van der Waals surface area contributed by atoms with Crippen LogP contribution in [0.5, 0.6) is 11.5 Å². The van der Waals surface area contributed by atoms with E-state index >= 15 is 0 Å². The number of amides is 1. The number of carbonyl (C=O) groups excluding carboxylic acids is 4. The van der Waals surface area contributed by atoms with E-state index in [0.29, 0.717) is 5.39 Å². The molecule has 1 aliphatic heterocycles. The highest BCUT2D eigenvalue weighted by atomic mass is 16.7. The second kappa shape index (κ2) is 13.8. The van der Waals surface area contributed by atoms with E-state index in [1.54, 1.807) is 6.07 Å². The molecule has 4 rings (SSSR count). The summed E-state index contributed by atoms with van der Waals surface area (Å²) in [5.74, 6) is -3.69. The minimum Gasteiger partial charge on any atom is -0.485 e. The van der Waals surface area contributed by atoms with E-state index in [0.717, 1.165) is 19.4 Å². The highest BCUT2D eigenvalue weighted by molar-refractivity contribution is 5.80. The van der Waals surface area contributed by atoms with E-state index in [2.05, 4.69) is 0 Å². The minimum absolute atomic E-state index is 0.121. The van der Waals surface area contributed by atoms with Crippen molar-refractivity contribution in [2.24, 2.45) is 11.7 Å². The van der Waals surface area contributed by atoms with Crippen LogP contribution in [0.4, 0.5) is 0 Å². The average molecular weight is 598 g/mol. The van der Waals surface area contributed by atoms with Crippen molar-refractivity contribution in [1.29, 1.82) is 0 Å². The molecular formula is C30H31NO12. The predicted octanol–water partition coefficient (Wildman–Crippen LogP) is 2.39. The Hall–Kier alpha value is -4.91. The molecule has 0 aliphatic carbocycles.